The Bertz CT molecular complexity index is 676. The van der Waals surface area contributed by atoms with Gasteiger partial charge in [0.05, 0.1) is 24.3 Å². The normalized spacial score (nSPS) is 11.7. The van der Waals surface area contributed by atoms with Crippen LogP contribution in [-0.2, 0) is 41.9 Å². The monoisotopic (exact) mass is 349 g/mol. The Morgan fingerprint density at radius 1 is 1.20 bits per heavy atom. The fourth-order valence-electron chi connectivity index (χ4n) is 2.34. The summed E-state index contributed by atoms with van der Waals surface area (Å²) in [7, 11) is 0. The number of amides is 1. The van der Waals surface area contributed by atoms with Crippen molar-refractivity contribution in [2.45, 2.75) is 72.6 Å². The standard InChI is InChI=1S/C18H27N3O4/c1-6-15-14(16(7-2)25-21-15)9-17(22)19-10-12-8-13(24-20-12)11-23-18(3,4)5/h8H,6-7,9-11H2,1-5H3,(H,19,22). The van der Waals surface area contributed by atoms with E-state index in [4.69, 9.17) is 13.8 Å². The molecule has 0 radical (unpaired) electrons. The molecule has 0 atom stereocenters. The largest absolute Gasteiger partial charge is 0.368 e. The van der Waals surface area contributed by atoms with E-state index in [1.165, 1.54) is 0 Å². The van der Waals surface area contributed by atoms with Gasteiger partial charge in [-0.15, -0.1) is 0 Å². The Labute approximate surface area is 148 Å². The van der Waals surface area contributed by atoms with Crippen LogP contribution in [0.15, 0.2) is 15.1 Å². The van der Waals surface area contributed by atoms with Crippen molar-refractivity contribution in [3.05, 3.63) is 34.5 Å². The fraction of sp³-hybridized carbons (Fsp3) is 0.611. The summed E-state index contributed by atoms with van der Waals surface area (Å²) < 4.78 is 16.1. The number of carbonyl (C=O) groups is 1. The van der Waals surface area contributed by atoms with Gasteiger partial charge in [-0.25, -0.2) is 0 Å². The van der Waals surface area contributed by atoms with Crippen LogP contribution in [0.1, 0.15) is 63.1 Å². The van der Waals surface area contributed by atoms with Gasteiger partial charge >= 0.3 is 0 Å². The molecule has 2 heterocycles. The number of nitrogens with zero attached hydrogens (tertiary/aromatic N) is 2. The van der Waals surface area contributed by atoms with Crippen molar-refractivity contribution in [1.29, 1.82) is 0 Å². The molecule has 0 bridgehead atoms. The van der Waals surface area contributed by atoms with E-state index in [-0.39, 0.29) is 17.9 Å². The van der Waals surface area contributed by atoms with Gasteiger partial charge in [-0.2, -0.15) is 0 Å². The minimum absolute atomic E-state index is 0.0944. The summed E-state index contributed by atoms with van der Waals surface area (Å²) in [6.07, 6.45) is 1.72. The van der Waals surface area contributed by atoms with E-state index in [0.29, 0.717) is 24.6 Å². The third-order valence-corrected chi connectivity index (χ3v) is 3.67. The molecule has 138 valence electrons. The smallest absolute Gasteiger partial charge is 0.224 e. The van der Waals surface area contributed by atoms with Gasteiger partial charge < -0.3 is 19.1 Å². The highest BCUT2D eigenvalue weighted by Crippen LogP contribution is 2.17. The predicted molar refractivity (Wildman–Crippen MR) is 91.9 cm³/mol. The van der Waals surface area contributed by atoms with Crippen molar-refractivity contribution in [1.82, 2.24) is 15.6 Å². The molecule has 7 nitrogen and oxygen atoms in total. The topological polar surface area (TPSA) is 90.4 Å². The molecule has 0 saturated heterocycles. The van der Waals surface area contributed by atoms with E-state index in [9.17, 15) is 4.79 Å². The number of aromatic nitrogens is 2. The zero-order chi connectivity index (χ0) is 18.4. The van der Waals surface area contributed by atoms with Crippen LogP contribution in [0, 0.1) is 0 Å². The van der Waals surface area contributed by atoms with Crippen LogP contribution < -0.4 is 5.32 Å². The van der Waals surface area contributed by atoms with Crippen LogP contribution in [0.25, 0.3) is 0 Å². The van der Waals surface area contributed by atoms with Crippen molar-refractivity contribution in [2.75, 3.05) is 0 Å². The average Bonchev–Trinajstić information content (AvgIpc) is 3.16. The van der Waals surface area contributed by atoms with Crippen LogP contribution in [-0.4, -0.2) is 21.8 Å². The third-order valence-electron chi connectivity index (χ3n) is 3.67. The summed E-state index contributed by atoms with van der Waals surface area (Å²) in [5.74, 6) is 1.32. The van der Waals surface area contributed by atoms with Gasteiger partial charge in [0.15, 0.2) is 5.76 Å². The Morgan fingerprint density at radius 3 is 2.60 bits per heavy atom. The molecule has 0 aliphatic carbocycles. The quantitative estimate of drug-likeness (QED) is 0.788. The van der Waals surface area contributed by atoms with E-state index >= 15 is 0 Å². The lowest BCUT2D eigenvalue weighted by molar-refractivity contribution is -0.120. The van der Waals surface area contributed by atoms with Crippen molar-refractivity contribution in [2.24, 2.45) is 0 Å². The molecule has 7 heteroatoms. The Kier molecular flexibility index (Phi) is 6.36. The Morgan fingerprint density at radius 2 is 1.96 bits per heavy atom. The van der Waals surface area contributed by atoms with Crippen LogP contribution >= 0.6 is 0 Å². The summed E-state index contributed by atoms with van der Waals surface area (Å²) in [6.45, 7) is 10.6. The summed E-state index contributed by atoms with van der Waals surface area (Å²) in [4.78, 5) is 12.2. The highest BCUT2D eigenvalue weighted by molar-refractivity contribution is 5.79. The molecule has 1 amide bonds. The van der Waals surface area contributed by atoms with E-state index in [2.05, 4.69) is 15.6 Å². The first-order valence-electron chi connectivity index (χ1n) is 8.63. The number of rotatable bonds is 8. The minimum Gasteiger partial charge on any atom is -0.368 e. The summed E-state index contributed by atoms with van der Waals surface area (Å²) >= 11 is 0. The number of carbonyl (C=O) groups excluding carboxylic acids is 1. The average molecular weight is 349 g/mol. The van der Waals surface area contributed by atoms with Crippen molar-refractivity contribution in [3.8, 4) is 0 Å². The van der Waals surface area contributed by atoms with E-state index in [0.717, 1.165) is 29.9 Å². The predicted octanol–water partition coefficient (Wildman–Crippen LogP) is 2.96. The van der Waals surface area contributed by atoms with Crippen molar-refractivity contribution in [3.63, 3.8) is 0 Å². The molecular formula is C18H27N3O4. The number of hydrogen-bond acceptors (Lipinski definition) is 6. The SMILES string of the molecule is CCc1noc(CC)c1CC(=O)NCc1cc(COC(C)(C)C)on1. The van der Waals surface area contributed by atoms with E-state index in [1.54, 1.807) is 6.07 Å². The number of nitrogens with one attached hydrogen (secondary N) is 1. The molecule has 0 aromatic carbocycles. The maximum atomic E-state index is 12.2. The zero-order valence-corrected chi connectivity index (χ0v) is 15.6. The van der Waals surface area contributed by atoms with E-state index in [1.807, 2.05) is 34.6 Å². The number of ether oxygens (including phenoxy) is 1. The van der Waals surface area contributed by atoms with Gasteiger partial charge in [0, 0.05) is 18.1 Å². The zero-order valence-electron chi connectivity index (χ0n) is 15.6. The second kappa shape index (κ2) is 8.29. The van der Waals surface area contributed by atoms with Crippen LogP contribution in [0.4, 0.5) is 0 Å². The van der Waals surface area contributed by atoms with Gasteiger partial charge in [0.1, 0.15) is 18.1 Å². The Hall–Kier alpha value is -2.15. The summed E-state index contributed by atoms with van der Waals surface area (Å²) in [6, 6.07) is 1.79. The lowest BCUT2D eigenvalue weighted by Crippen LogP contribution is -2.25. The summed E-state index contributed by atoms with van der Waals surface area (Å²) in [5, 5.41) is 10.8. The van der Waals surface area contributed by atoms with Crippen molar-refractivity contribution >= 4 is 5.91 Å². The molecular weight excluding hydrogens is 322 g/mol. The number of aryl methyl sites for hydroxylation is 2. The van der Waals surface area contributed by atoms with Gasteiger partial charge in [-0.05, 0) is 27.2 Å². The molecule has 0 aliphatic rings. The molecule has 0 spiro atoms. The maximum Gasteiger partial charge on any atom is 0.224 e. The molecule has 0 saturated carbocycles. The second-order valence-electron chi connectivity index (χ2n) is 6.88. The highest BCUT2D eigenvalue weighted by Gasteiger charge is 2.17. The lowest BCUT2D eigenvalue weighted by atomic mass is 10.1. The minimum atomic E-state index is -0.242. The van der Waals surface area contributed by atoms with Gasteiger partial charge in [-0.3, -0.25) is 4.79 Å². The molecule has 2 rings (SSSR count). The van der Waals surface area contributed by atoms with Gasteiger partial charge in [-0.1, -0.05) is 24.2 Å². The molecule has 0 unspecified atom stereocenters. The lowest BCUT2D eigenvalue weighted by Gasteiger charge is -2.17. The Balaban J connectivity index is 1.86. The third kappa shape index (κ3) is 5.70. The van der Waals surface area contributed by atoms with Gasteiger partial charge in [0.25, 0.3) is 0 Å². The van der Waals surface area contributed by atoms with Crippen LogP contribution in [0.3, 0.4) is 0 Å². The van der Waals surface area contributed by atoms with Crippen LogP contribution in [0.2, 0.25) is 0 Å². The maximum absolute atomic E-state index is 12.2. The summed E-state index contributed by atoms with van der Waals surface area (Å²) in [5.41, 5.74) is 2.16. The van der Waals surface area contributed by atoms with Crippen LogP contribution in [0.5, 0.6) is 0 Å². The van der Waals surface area contributed by atoms with E-state index < -0.39 is 0 Å². The number of hydrogen-bond donors (Lipinski definition) is 1. The first kappa shape index (κ1) is 19.2. The molecule has 2 aromatic rings. The molecule has 2 aromatic heterocycles. The second-order valence-corrected chi connectivity index (χ2v) is 6.88. The first-order chi connectivity index (χ1) is 11.8. The fourth-order valence-corrected chi connectivity index (χ4v) is 2.34. The first-order valence-corrected chi connectivity index (χ1v) is 8.63. The molecule has 0 aliphatic heterocycles. The highest BCUT2D eigenvalue weighted by atomic mass is 16.5. The molecule has 1 N–H and O–H groups in total. The van der Waals surface area contributed by atoms with Gasteiger partial charge in [0.2, 0.25) is 5.91 Å². The molecule has 25 heavy (non-hydrogen) atoms. The van der Waals surface area contributed by atoms with Crippen molar-refractivity contribution < 1.29 is 18.6 Å². The molecule has 0 fully saturated rings.